The quantitative estimate of drug-likeness (QED) is 0.401. The highest BCUT2D eigenvalue weighted by Crippen LogP contribution is 2.22. The van der Waals surface area contributed by atoms with Gasteiger partial charge in [-0.1, -0.05) is 0 Å². The molecule has 1 amide bonds. The molecule has 2 aromatic carbocycles. The first-order valence-electron chi connectivity index (χ1n) is 9.75. The number of nitro benzene ring substituents is 1. The Hall–Kier alpha value is -3.09. The molecular formula is C21H26N4O3. The van der Waals surface area contributed by atoms with Crippen LogP contribution in [0.25, 0.3) is 0 Å². The minimum absolute atomic E-state index is 0.0174. The second-order valence-corrected chi connectivity index (χ2v) is 6.98. The van der Waals surface area contributed by atoms with Crippen LogP contribution in [0, 0.1) is 10.1 Å². The molecule has 148 valence electrons. The van der Waals surface area contributed by atoms with Gasteiger partial charge in [-0.3, -0.25) is 14.9 Å². The Morgan fingerprint density at radius 1 is 0.964 bits per heavy atom. The number of carbonyl (C=O) groups is 1. The van der Waals surface area contributed by atoms with Crippen molar-refractivity contribution in [3.63, 3.8) is 0 Å². The zero-order valence-electron chi connectivity index (χ0n) is 15.9. The van der Waals surface area contributed by atoms with E-state index >= 15 is 0 Å². The number of non-ortho nitro benzene ring substituents is 1. The van der Waals surface area contributed by atoms with Crippen molar-refractivity contribution in [3.05, 3.63) is 58.6 Å². The van der Waals surface area contributed by atoms with E-state index in [0.29, 0.717) is 19.4 Å². The summed E-state index contributed by atoms with van der Waals surface area (Å²) in [6, 6.07) is 14.3. The van der Waals surface area contributed by atoms with E-state index < -0.39 is 4.92 Å². The van der Waals surface area contributed by atoms with Crippen LogP contribution in [-0.4, -0.2) is 30.5 Å². The van der Waals surface area contributed by atoms with Crippen LogP contribution >= 0.6 is 0 Å². The number of hydrogen-bond acceptors (Lipinski definition) is 5. The number of hydrogen-bond donors (Lipinski definition) is 2. The smallest absolute Gasteiger partial charge is 0.269 e. The van der Waals surface area contributed by atoms with Crippen molar-refractivity contribution < 1.29 is 9.72 Å². The van der Waals surface area contributed by atoms with Crippen LogP contribution in [0.1, 0.15) is 32.1 Å². The highest BCUT2D eigenvalue weighted by molar-refractivity contribution is 5.90. The predicted molar refractivity (Wildman–Crippen MR) is 112 cm³/mol. The number of piperidine rings is 1. The topological polar surface area (TPSA) is 87.5 Å². The standard InChI is InChI=1S/C21H26N4O3/c26-21(5-4-14-22-17-6-12-20(13-7-17)25(27)28)23-18-8-10-19(11-9-18)24-15-2-1-3-16-24/h6-13,22H,1-5,14-16H2,(H,23,26). The minimum atomic E-state index is -0.423. The molecule has 2 aromatic rings. The normalized spacial score (nSPS) is 13.8. The van der Waals surface area contributed by atoms with E-state index in [1.807, 2.05) is 12.1 Å². The third kappa shape index (κ3) is 5.70. The monoisotopic (exact) mass is 382 g/mol. The first kappa shape index (κ1) is 19.7. The lowest BCUT2D eigenvalue weighted by Crippen LogP contribution is -2.29. The van der Waals surface area contributed by atoms with Crippen molar-refractivity contribution in [2.75, 3.05) is 35.2 Å². The second-order valence-electron chi connectivity index (χ2n) is 6.98. The van der Waals surface area contributed by atoms with Crippen LogP contribution < -0.4 is 15.5 Å². The third-order valence-corrected chi connectivity index (χ3v) is 4.86. The highest BCUT2D eigenvalue weighted by atomic mass is 16.6. The first-order chi connectivity index (χ1) is 13.6. The highest BCUT2D eigenvalue weighted by Gasteiger charge is 2.11. The molecule has 1 saturated heterocycles. The van der Waals surface area contributed by atoms with E-state index in [4.69, 9.17) is 0 Å². The Balaban J connectivity index is 1.37. The van der Waals surface area contributed by atoms with Crippen LogP contribution in [-0.2, 0) is 4.79 Å². The van der Waals surface area contributed by atoms with Gasteiger partial charge in [0.1, 0.15) is 0 Å². The average Bonchev–Trinajstić information content (AvgIpc) is 2.73. The van der Waals surface area contributed by atoms with Gasteiger partial charge in [0.15, 0.2) is 0 Å². The lowest BCUT2D eigenvalue weighted by Gasteiger charge is -2.28. The van der Waals surface area contributed by atoms with Gasteiger partial charge in [-0.05, 0) is 62.1 Å². The molecule has 3 rings (SSSR count). The molecule has 1 heterocycles. The number of nitrogens with one attached hydrogen (secondary N) is 2. The fourth-order valence-corrected chi connectivity index (χ4v) is 3.31. The molecule has 0 radical (unpaired) electrons. The molecule has 28 heavy (non-hydrogen) atoms. The molecule has 0 unspecified atom stereocenters. The van der Waals surface area contributed by atoms with E-state index in [2.05, 4.69) is 27.7 Å². The summed E-state index contributed by atoms with van der Waals surface area (Å²) in [5.41, 5.74) is 2.90. The average molecular weight is 382 g/mol. The van der Waals surface area contributed by atoms with E-state index in [1.165, 1.54) is 37.1 Å². The number of nitrogens with zero attached hydrogens (tertiary/aromatic N) is 2. The Morgan fingerprint density at radius 3 is 2.25 bits per heavy atom. The molecule has 0 spiro atoms. The van der Waals surface area contributed by atoms with Gasteiger partial charge in [0.2, 0.25) is 5.91 Å². The van der Waals surface area contributed by atoms with E-state index in [1.54, 1.807) is 12.1 Å². The van der Waals surface area contributed by atoms with Crippen LogP contribution in [0.3, 0.4) is 0 Å². The summed E-state index contributed by atoms with van der Waals surface area (Å²) in [4.78, 5) is 24.7. The Bertz CT molecular complexity index is 784. The lowest BCUT2D eigenvalue weighted by atomic mass is 10.1. The Kier molecular flexibility index (Phi) is 6.84. The predicted octanol–water partition coefficient (Wildman–Crippen LogP) is 4.42. The summed E-state index contributed by atoms with van der Waals surface area (Å²) >= 11 is 0. The molecule has 0 atom stereocenters. The molecule has 1 aliphatic heterocycles. The number of carbonyl (C=O) groups excluding carboxylic acids is 1. The van der Waals surface area contributed by atoms with E-state index in [9.17, 15) is 14.9 Å². The lowest BCUT2D eigenvalue weighted by molar-refractivity contribution is -0.384. The Morgan fingerprint density at radius 2 is 1.61 bits per heavy atom. The SMILES string of the molecule is O=C(CCCNc1ccc([N+](=O)[O-])cc1)Nc1ccc(N2CCCCC2)cc1. The van der Waals surface area contributed by atoms with Gasteiger partial charge in [-0.25, -0.2) is 0 Å². The van der Waals surface area contributed by atoms with Crippen molar-refractivity contribution in [3.8, 4) is 0 Å². The maximum Gasteiger partial charge on any atom is 0.269 e. The molecule has 0 saturated carbocycles. The number of rotatable bonds is 8. The van der Waals surface area contributed by atoms with Gasteiger partial charge in [-0.15, -0.1) is 0 Å². The van der Waals surface area contributed by atoms with Crippen LogP contribution in [0.4, 0.5) is 22.7 Å². The van der Waals surface area contributed by atoms with E-state index in [0.717, 1.165) is 24.5 Å². The van der Waals surface area contributed by atoms with Crippen LogP contribution in [0.15, 0.2) is 48.5 Å². The maximum absolute atomic E-state index is 12.1. The first-order valence-corrected chi connectivity index (χ1v) is 9.75. The van der Waals surface area contributed by atoms with Gasteiger partial charge >= 0.3 is 0 Å². The molecule has 7 nitrogen and oxygen atoms in total. The molecule has 1 aliphatic rings. The van der Waals surface area contributed by atoms with E-state index in [-0.39, 0.29) is 11.6 Å². The zero-order valence-corrected chi connectivity index (χ0v) is 15.9. The fraction of sp³-hybridized carbons (Fsp3) is 0.381. The van der Waals surface area contributed by atoms with Gasteiger partial charge in [-0.2, -0.15) is 0 Å². The number of anilines is 3. The minimum Gasteiger partial charge on any atom is -0.385 e. The summed E-state index contributed by atoms with van der Waals surface area (Å²) in [7, 11) is 0. The maximum atomic E-state index is 12.1. The number of benzene rings is 2. The summed E-state index contributed by atoms with van der Waals surface area (Å²) in [6.07, 6.45) is 4.88. The molecule has 2 N–H and O–H groups in total. The van der Waals surface area contributed by atoms with Crippen molar-refractivity contribution >= 4 is 28.7 Å². The number of nitro groups is 1. The summed E-state index contributed by atoms with van der Waals surface area (Å²) in [6.45, 7) is 2.83. The molecule has 0 aliphatic carbocycles. The van der Waals surface area contributed by atoms with Crippen molar-refractivity contribution in [1.29, 1.82) is 0 Å². The van der Waals surface area contributed by atoms with Crippen LogP contribution in [0.2, 0.25) is 0 Å². The van der Waals surface area contributed by atoms with Gasteiger partial charge in [0.25, 0.3) is 5.69 Å². The summed E-state index contributed by atoms with van der Waals surface area (Å²) in [5, 5.41) is 16.7. The molecule has 1 fully saturated rings. The molecule has 0 bridgehead atoms. The fourth-order valence-electron chi connectivity index (χ4n) is 3.31. The molecular weight excluding hydrogens is 356 g/mol. The zero-order chi connectivity index (χ0) is 19.8. The molecule has 7 heteroatoms. The Labute approximate surface area is 164 Å². The summed E-state index contributed by atoms with van der Waals surface area (Å²) in [5.74, 6) is -0.0174. The van der Waals surface area contributed by atoms with Crippen molar-refractivity contribution in [2.24, 2.45) is 0 Å². The van der Waals surface area contributed by atoms with Crippen LogP contribution in [0.5, 0.6) is 0 Å². The van der Waals surface area contributed by atoms with Gasteiger partial charge in [0, 0.05) is 55.2 Å². The third-order valence-electron chi connectivity index (χ3n) is 4.86. The van der Waals surface area contributed by atoms with Crippen molar-refractivity contribution in [2.45, 2.75) is 32.1 Å². The van der Waals surface area contributed by atoms with Crippen molar-refractivity contribution in [1.82, 2.24) is 0 Å². The number of amides is 1. The summed E-state index contributed by atoms with van der Waals surface area (Å²) < 4.78 is 0. The largest absolute Gasteiger partial charge is 0.385 e. The molecule has 0 aromatic heterocycles. The van der Waals surface area contributed by atoms with Gasteiger partial charge < -0.3 is 15.5 Å². The van der Waals surface area contributed by atoms with Gasteiger partial charge in [0.05, 0.1) is 4.92 Å². The second kappa shape index (κ2) is 9.73.